The van der Waals surface area contributed by atoms with Crippen molar-refractivity contribution in [2.24, 2.45) is 0 Å². The summed E-state index contributed by atoms with van der Waals surface area (Å²) in [6.07, 6.45) is 25.6. The van der Waals surface area contributed by atoms with Gasteiger partial charge in [-0.2, -0.15) is 0 Å². The van der Waals surface area contributed by atoms with Crippen LogP contribution in [-0.4, -0.2) is 0 Å². The summed E-state index contributed by atoms with van der Waals surface area (Å²) in [6, 6.07) is 57.5. The smallest absolute Gasteiger partial charge is 0.123 e. The van der Waals surface area contributed by atoms with Gasteiger partial charge in [-0.25, -0.2) is 0 Å². The third-order valence-electron chi connectivity index (χ3n) is 16.8. The van der Waals surface area contributed by atoms with E-state index < -0.39 is 0 Å². The van der Waals surface area contributed by atoms with Crippen LogP contribution in [0.5, 0.6) is 11.5 Å². The third-order valence-corrected chi connectivity index (χ3v) is 16.8. The van der Waals surface area contributed by atoms with Crippen molar-refractivity contribution in [2.45, 2.75) is 187 Å². The third kappa shape index (κ3) is 11.8. The summed E-state index contributed by atoms with van der Waals surface area (Å²) in [5.74, 6) is 1.65. The zero-order valence-corrected chi connectivity index (χ0v) is 45.3. The molecule has 2 aliphatic carbocycles. The molecule has 0 N–H and O–H groups in total. The van der Waals surface area contributed by atoms with Crippen LogP contribution in [0.25, 0.3) is 44.5 Å². The van der Waals surface area contributed by atoms with Crippen molar-refractivity contribution in [3.63, 3.8) is 0 Å². The molecule has 0 saturated carbocycles. The van der Waals surface area contributed by atoms with Crippen molar-refractivity contribution in [2.75, 3.05) is 0 Å². The fraction of sp³-hybridized carbons (Fsp3) is 0.408. The number of fused-ring (bicyclic) bond motifs is 6. The Labute approximate surface area is 441 Å². The highest BCUT2D eigenvalue weighted by molar-refractivity contribution is 5.85. The molecule has 0 fully saturated rings. The molecule has 380 valence electrons. The van der Waals surface area contributed by atoms with Crippen molar-refractivity contribution in [1.82, 2.24) is 0 Å². The SMILES string of the molecule is CCCCCCC1(CCCCCC)c2ccccc2-c2ccc(-c3ccc(COc4cc(C)cc(OCc5ccc(-c6ccc7c(c6)C(CCCCCC)(CCCCCC)c6ccccc6-7)cc5)c4)cc3)cc21. The minimum atomic E-state index is 0.0875. The number of aryl methyl sites for hydroxylation is 1. The lowest BCUT2D eigenvalue weighted by Gasteiger charge is -2.33. The Hall–Kier alpha value is -5.86. The maximum atomic E-state index is 6.46. The highest BCUT2D eigenvalue weighted by Gasteiger charge is 2.43. The molecule has 0 aliphatic heterocycles. The second-order valence-electron chi connectivity index (χ2n) is 22.0. The summed E-state index contributed by atoms with van der Waals surface area (Å²) in [6.45, 7) is 12.4. The molecule has 0 heterocycles. The molecule has 0 aromatic heterocycles. The predicted octanol–water partition coefficient (Wildman–Crippen LogP) is 20.9. The van der Waals surface area contributed by atoms with Crippen LogP contribution >= 0.6 is 0 Å². The van der Waals surface area contributed by atoms with E-state index in [1.165, 1.54) is 173 Å². The lowest BCUT2D eigenvalue weighted by molar-refractivity contribution is 0.289. The average molecular weight is 969 g/mol. The molecular weight excluding hydrogens is 885 g/mol. The summed E-state index contributed by atoms with van der Waals surface area (Å²) in [5, 5.41) is 0. The number of rotatable bonds is 28. The standard InChI is InChI=1S/C71H84O2/c1-6-10-14-22-42-70(43-23-15-11-7-2)66-28-20-18-26-62(66)64-40-38-58(48-68(64)70)56-34-30-54(31-35-56)51-72-60-46-53(5)47-61(50-60)73-52-55-32-36-57(37-33-55)59-39-41-65-63-27-19-21-29-67(63)71(69(65)49-59,44-24-16-12-8-3)45-25-17-13-9-4/h18-21,26-41,46-50H,6-17,22-25,42-45,51-52H2,1-5H3. The Bertz CT molecular complexity index is 2650. The lowest BCUT2D eigenvalue weighted by atomic mass is 9.70. The van der Waals surface area contributed by atoms with Crippen LogP contribution in [0.1, 0.15) is 195 Å². The molecule has 2 heteroatoms. The Kier molecular flexibility index (Phi) is 17.8. The van der Waals surface area contributed by atoms with E-state index >= 15 is 0 Å². The first kappa shape index (κ1) is 52.0. The number of ether oxygens (including phenoxy) is 2. The summed E-state index contributed by atoms with van der Waals surface area (Å²) in [4.78, 5) is 0. The summed E-state index contributed by atoms with van der Waals surface area (Å²) in [7, 11) is 0. The molecule has 73 heavy (non-hydrogen) atoms. The average Bonchev–Trinajstić information content (AvgIpc) is 3.86. The minimum Gasteiger partial charge on any atom is -0.489 e. The van der Waals surface area contributed by atoms with Gasteiger partial charge in [0.1, 0.15) is 24.7 Å². The van der Waals surface area contributed by atoms with Gasteiger partial charge in [0, 0.05) is 16.9 Å². The van der Waals surface area contributed by atoms with E-state index in [4.69, 9.17) is 9.47 Å². The van der Waals surface area contributed by atoms with Crippen LogP contribution in [0.4, 0.5) is 0 Å². The molecule has 0 bridgehead atoms. The number of hydrogen-bond donors (Lipinski definition) is 0. The van der Waals surface area contributed by atoms with E-state index in [1.54, 1.807) is 22.3 Å². The molecule has 2 aliphatic rings. The molecule has 0 spiro atoms. The fourth-order valence-electron chi connectivity index (χ4n) is 12.8. The van der Waals surface area contributed by atoms with E-state index in [0.29, 0.717) is 13.2 Å². The highest BCUT2D eigenvalue weighted by Crippen LogP contribution is 2.56. The van der Waals surface area contributed by atoms with Gasteiger partial charge in [-0.1, -0.05) is 252 Å². The summed E-state index contributed by atoms with van der Waals surface area (Å²) < 4.78 is 12.9. The van der Waals surface area contributed by atoms with E-state index in [9.17, 15) is 0 Å². The predicted molar refractivity (Wildman–Crippen MR) is 311 cm³/mol. The first-order valence-electron chi connectivity index (χ1n) is 28.9. The molecule has 0 amide bonds. The van der Waals surface area contributed by atoms with Crippen molar-refractivity contribution >= 4 is 0 Å². The van der Waals surface area contributed by atoms with Gasteiger partial charge >= 0.3 is 0 Å². The first-order chi connectivity index (χ1) is 35.9. The van der Waals surface area contributed by atoms with E-state index in [1.807, 2.05) is 6.07 Å². The Morgan fingerprint density at radius 1 is 0.315 bits per heavy atom. The van der Waals surface area contributed by atoms with Gasteiger partial charge < -0.3 is 9.47 Å². The number of hydrogen-bond acceptors (Lipinski definition) is 2. The molecule has 0 radical (unpaired) electrons. The number of benzene rings is 7. The largest absolute Gasteiger partial charge is 0.489 e. The van der Waals surface area contributed by atoms with E-state index in [0.717, 1.165) is 28.2 Å². The molecule has 0 unspecified atom stereocenters. The normalized spacial score (nSPS) is 13.6. The minimum absolute atomic E-state index is 0.0875. The molecule has 2 nitrogen and oxygen atoms in total. The Morgan fingerprint density at radius 2 is 0.658 bits per heavy atom. The zero-order chi connectivity index (χ0) is 50.5. The topological polar surface area (TPSA) is 18.5 Å². The quantitative estimate of drug-likeness (QED) is 0.0456. The van der Waals surface area contributed by atoms with Gasteiger partial charge in [-0.15, -0.1) is 0 Å². The maximum Gasteiger partial charge on any atom is 0.123 e. The van der Waals surface area contributed by atoms with Crippen LogP contribution in [0.15, 0.2) is 152 Å². The van der Waals surface area contributed by atoms with Crippen LogP contribution in [0.3, 0.4) is 0 Å². The van der Waals surface area contributed by atoms with Crippen LogP contribution in [-0.2, 0) is 24.0 Å². The van der Waals surface area contributed by atoms with Gasteiger partial charge in [-0.05, 0) is 140 Å². The number of unbranched alkanes of at least 4 members (excludes halogenated alkanes) is 12. The van der Waals surface area contributed by atoms with E-state index in [2.05, 4.69) is 180 Å². The molecule has 9 rings (SSSR count). The second kappa shape index (κ2) is 24.9. The van der Waals surface area contributed by atoms with Crippen molar-refractivity contribution in [1.29, 1.82) is 0 Å². The van der Waals surface area contributed by atoms with Gasteiger partial charge in [0.15, 0.2) is 0 Å². The summed E-state index contributed by atoms with van der Waals surface area (Å²) in [5.41, 5.74) is 20.7. The lowest BCUT2D eigenvalue weighted by Crippen LogP contribution is -2.25. The van der Waals surface area contributed by atoms with Gasteiger partial charge in [-0.3, -0.25) is 0 Å². The van der Waals surface area contributed by atoms with Crippen molar-refractivity contribution in [3.05, 3.63) is 191 Å². The van der Waals surface area contributed by atoms with E-state index in [-0.39, 0.29) is 10.8 Å². The molecule has 0 atom stereocenters. The maximum absolute atomic E-state index is 6.46. The van der Waals surface area contributed by atoms with Crippen molar-refractivity contribution in [3.8, 4) is 56.0 Å². The van der Waals surface area contributed by atoms with Gasteiger partial charge in [0.25, 0.3) is 0 Å². The monoisotopic (exact) mass is 969 g/mol. The van der Waals surface area contributed by atoms with Crippen LogP contribution in [0.2, 0.25) is 0 Å². The molecular formula is C71H84O2. The second-order valence-corrected chi connectivity index (χ2v) is 22.0. The van der Waals surface area contributed by atoms with Gasteiger partial charge in [0.2, 0.25) is 0 Å². The Balaban J connectivity index is 0.853. The molecule has 0 saturated heterocycles. The highest BCUT2D eigenvalue weighted by atomic mass is 16.5. The fourth-order valence-corrected chi connectivity index (χ4v) is 12.8. The van der Waals surface area contributed by atoms with Gasteiger partial charge in [0.05, 0.1) is 0 Å². The van der Waals surface area contributed by atoms with Crippen LogP contribution < -0.4 is 9.47 Å². The molecule has 7 aromatic rings. The van der Waals surface area contributed by atoms with Crippen molar-refractivity contribution < 1.29 is 9.47 Å². The van der Waals surface area contributed by atoms with Crippen LogP contribution in [0, 0.1) is 6.92 Å². The Morgan fingerprint density at radius 3 is 1.03 bits per heavy atom. The summed E-state index contributed by atoms with van der Waals surface area (Å²) >= 11 is 0. The molecule has 7 aromatic carbocycles. The zero-order valence-electron chi connectivity index (χ0n) is 45.3. The first-order valence-corrected chi connectivity index (χ1v) is 28.9.